The van der Waals surface area contributed by atoms with Crippen LogP contribution in [0.4, 0.5) is 0 Å². The molecule has 4 nitrogen and oxygen atoms in total. The van der Waals surface area contributed by atoms with E-state index in [1.54, 1.807) is 6.21 Å². The predicted molar refractivity (Wildman–Crippen MR) is 112 cm³/mol. The minimum absolute atomic E-state index is 0.0102. The lowest BCUT2D eigenvalue weighted by Crippen LogP contribution is -2.22. The smallest absolute Gasteiger partial charge is 0.240 e. The fourth-order valence-electron chi connectivity index (χ4n) is 3.75. The van der Waals surface area contributed by atoms with E-state index in [9.17, 15) is 9.90 Å². The van der Waals surface area contributed by atoms with E-state index in [-0.39, 0.29) is 16.7 Å². The molecule has 0 spiro atoms. The molecule has 0 aromatic heterocycles. The third-order valence-corrected chi connectivity index (χ3v) is 5.35. The first-order valence-electron chi connectivity index (χ1n) is 10.2. The summed E-state index contributed by atoms with van der Waals surface area (Å²) in [6.45, 7) is 12.5. The van der Waals surface area contributed by atoms with Crippen LogP contribution in [0.5, 0.6) is 5.75 Å². The number of benzene rings is 1. The summed E-state index contributed by atoms with van der Waals surface area (Å²) in [4.78, 5) is 12.1. The van der Waals surface area contributed by atoms with Crippen molar-refractivity contribution in [3.8, 4) is 5.75 Å². The van der Waals surface area contributed by atoms with Crippen molar-refractivity contribution in [3.05, 3.63) is 28.8 Å². The monoisotopic (exact) mass is 372 g/mol. The van der Waals surface area contributed by atoms with Crippen molar-refractivity contribution in [3.63, 3.8) is 0 Å². The number of nitrogens with one attached hydrogen (secondary N) is 1. The van der Waals surface area contributed by atoms with Crippen LogP contribution in [-0.2, 0) is 15.6 Å². The molecule has 2 rings (SSSR count). The summed E-state index contributed by atoms with van der Waals surface area (Å²) >= 11 is 0. The van der Waals surface area contributed by atoms with Crippen LogP contribution in [-0.4, -0.2) is 17.2 Å². The molecule has 150 valence electrons. The van der Waals surface area contributed by atoms with Crippen LogP contribution in [0.3, 0.4) is 0 Å². The van der Waals surface area contributed by atoms with Gasteiger partial charge in [-0.05, 0) is 47.3 Å². The third kappa shape index (κ3) is 6.08. The van der Waals surface area contributed by atoms with Gasteiger partial charge >= 0.3 is 0 Å². The fourth-order valence-corrected chi connectivity index (χ4v) is 3.75. The van der Waals surface area contributed by atoms with E-state index in [1.165, 1.54) is 19.3 Å². The van der Waals surface area contributed by atoms with Gasteiger partial charge in [-0.15, -0.1) is 0 Å². The molecule has 2 N–H and O–H groups in total. The molecule has 27 heavy (non-hydrogen) atoms. The largest absolute Gasteiger partial charge is 0.507 e. The zero-order valence-corrected chi connectivity index (χ0v) is 17.9. The lowest BCUT2D eigenvalue weighted by Gasteiger charge is -2.27. The highest BCUT2D eigenvalue weighted by Gasteiger charge is 2.26. The second kappa shape index (κ2) is 8.45. The topological polar surface area (TPSA) is 61.7 Å². The molecule has 0 aliphatic heterocycles. The summed E-state index contributed by atoms with van der Waals surface area (Å²) in [5.41, 5.74) is 4.99. The molecule has 1 aromatic rings. The van der Waals surface area contributed by atoms with Gasteiger partial charge in [0.15, 0.2) is 0 Å². The lowest BCUT2D eigenvalue weighted by molar-refractivity contribution is -0.122. The standard InChI is InChI=1S/C23H36N2O2/c1-22(2,3)18-12-17(13-19(21(18)27)23(4,5)6)15-24-25-20(26)14-16-10-8-7-9-11-16/h12-13,15-16,27H,7-11,14H2,1-6H3,(H,25,26). The van der Waals surface area contributed by atoms with Gasteiger partial charge in [-0.3, -0.25) is 4.79 Å². The Bertz CT molecular complexity index is 652. The number of hydrogen-bond acceptors (Lipinski definition) is 3. The number of phenols is 1. The first-order valence-corrected chi connectivity index (χ1v) is 10.2. The molecule has 1 aliphatic carbocycles. The number of hydrogen-bond donors (Lipinski definition) is 2. The molecule has 1 aliphatic rings. The Morgan fingerprint density at radius 3 is 2.07 bits per heavy atom. The van der Waals surface area contributed by atoms with Crippen LogP contribution >= 0.6 is 0 Å². The van der Waals surface area contributed by atoms with Crippen LogP contribution < -0.4 is 5.43 Å². The Labute approximate surface area is 164 Å². The second-order valence-corrected chi connectivity index (χ2v) is 9.97. The van der Waals surface area contributed by atoms with Gasteiger partial charge in [0.1, 0.15) is 5.75 Å². The van der Waals surface area contributed by atoms with Crippen LogP contribution in [0.1, 0.15) is 96.8 Å². The number of rotatable bonds is 4. The van der Waals surface area contributed by atoms with Gasteiger partial charge in [0.25, 0.3) is 0 Å². The maximum Gasteiger partial charge on any atom is 0.240 e. The summed E-state index contributed by atoms with van der Waals surface area (Å²) in [5.74, 6) is 0.847. The van der Waals surface area contributed by atoms with Gasteiger partial charge in [0, 0.05) is 17.5 Å². The minimum atomic E-state index is -0.182. The number of aromatic hydroxyl groups is 1. The van der Waals surface area contributed by atoms with E-state index < -0.39 is 0 Å². The molecule has 1 aromatic carbocycles. The van der Waals surface area contributed by atoms with Crippen molar-refractivity contribution in [2.75, 3.05) is 0 Å². The maximum absolute atomic E-state index is 12.1. The highest BCUT2D eigenvalue weighted by Crippen LogP contribution is 2.39. The van der Waals surface area contributed by atoms with Gasteiger partial charge < -0.3 is 5.11 Å². The maximum atomic E-state index is 12.1. The highest BCUT2D eigenvalue weighted by atomic mass is 16.3. The number of nitrogens with zero attached hydrogens (tertiary/aromatic N) is 1. The highest BCUT2D eigenvalue weighted by molar-refractivity contribution is 5.83. The summed E-state index contributed by atoms with van der Waals surface area (Å²) in [5, 5.41) is 14.9. The van der Waals surface area contributed by atoms with Crippen molar-refractivity contribution < 1.29 is 9.90 Å². The summed E-state index contributed by atoms with van der Waals surface area (Å²) < 4.78 is 0. The van der Waals surface area contributed by atoms with E-state index >= 15 is 0 Å². The molecular formula is C23H36N2O2. The Morgan fingerprint density at radius 1 is 1.07 bits per heavy atom. The number of hydrazone groups is 1. The SMILES string of the molecule is CC(C)(C)c1cc(C=NNC(=O)CC2CCCCC2)cc(C(C)(C)C)c1O. The average Bonchev–Trinajstić information content (AvgIpc) is 2.55. The van der Waals surface area contributed by atoms with Crippen molar-refractivity contribution in [2.45, 2.75) is 90.9 Å². The van der Waals surface area contributed by atoms with Crippen LogP contribution in [0.2, 0.25) is 0 Å². The molecule has 4 heteroatoms. The van der Waals surface area contributed by atoms with Gasteiger partial charge in [-0.1, -0.05) is 60.8 Å². The zero-order chi connectivity index (χ0) is 20.2. The van der Waals surface area contributed by atoms with Gasteiger partial charge in [-0.2, -0.15) is 5.10 Å². The summed E-state index contributed by atoms with van der Waals surface area (Å²) in [7, 11) is 0. The molecular weight excluding hydrogens is 336 g/mol. The van der Waals surface area contributed by atoms with Gasteiger partial charge in [0.05, 0.1) is 6.21 Å². The van der Waals surface area contributed by atoms with Crippen molar-refractivity contribution in [1.29, 1.82) is 0 Å². The van der Waals surface area contributed by atoms with Crippen LogP contribution in [0.25, 0.3) is 0 Å². The quantitative estimate of drug-likeness (QED) is 0.548. The van der Waals surface area contributed by atoms with E-state index in [2.05, 4.69) is 52.1 Å². The Hall–Kier alpha value is -1.84. The zero-order valence-electron chi connectivity index (χ0n) is 17.9. The van der Waals surface area contributed by atoms with Crippen LogP contribution in [0.15, 0.2) is 17.2 Å². The van der Waals surface area contributed by atoms with Gasteiger partial charge in [-0.25, -0.2) is 5.43 Å². The lowest BCUT2D eigenvalue weighted by atomic mass is 9.78. The Morgan fingerprint density at radius 2 is 1.59 bits per heavy atom. The number of amides is 1. The van der Waals surface area contributed by atoms with Crippen molar-refractivity contribution in [1.82, 2.24) is 5.43 Å². The van der Waals surface area contributed by atoms with E-state index in [4.69, 9.17) is 0 Å². The Kier molecular flexibility index (Phi) is 6.72. The predicted octanol–water partition coefficient (Wildman–Crippen LogP) is 5.41. The molecule has 0 heterocycles. The molecule has 0 saturated heterocycles. The first kappa shape index (κ1) is 21.5. The average molecular weight is 373 g/mol. The first-order chi connectivity index (χ1) is 12.5. The molecule has 1 fully saturated rings. The Balaban J connectivity index is 2.15. The molecule has 0 atom stereocenters. The van der Waals surface area contributed by atoms with Crippen molar-refractivity contribution >= 4 is 12.1 Å². The van der Waals surface area contributed by atoms with E-state index in [0.29, 0.717) is 18.1 Å². The normalized spacial score (nSPS) is 16.7. The van der Waals surface area contributed by atoms with E-state index in [1.807, 2.05) is 12.1 Å². The summed E-state index contributed by atoms with van der Waals surface area (Å²) in [6, 6.07) is 3.92. The minimum Gasteiger partial charge on any atom is -0.507 e. The molecule has 0 unspecified atom stereocenters. The fraction of sp³-hybridized carbons (Fsp3) is 0.652. The van der Waals surface area contributed by atoms with Crippen molar-refractivity contribution in [2.24, 2.45) is 11.0 Å². The number of phenolic OH excluding ortho intramolecular Hbond substituents is 1. The number of carbonyl (C=O) groups is 1. The number of carbonyl (C=O) groups excluding carboxylic acids is 1. The van der Waals surface area contributed by atoms with Gasteiger partial charge in [0.2, 0.25) is 5.91 Å². The van der Waals surface area contributed by atoms with Crippen LogP contribution in [0, 0.1) is 5.92 Å². The van der Waals surface area contributed by atoms with E-state index in [0.717, 1.165) is 29.5 Å². The second-order valence-electron chi connectivity index (χ2n) is 9.97. The molecule has 0 bridgehead atoms. The third-order valence-electron chi connectivity index (χ3n) is 5.35. The molecule has 1 saturated carbocycles. The summed E-state index contributed by atoms with van der Waals surface area (Å²) in [6.07, 6.45) is 8.32. The molecule has 1 amide bonds. The molecule has 0 radical (unpaired) electrons.